The minimum atomic E-state index is 0.633. The molecule has 0 aliphatic carbocycles. The minimum absolute atomic E-state index is 0.633. The van der Waals surface area contributed by atoms with Gasteiger partial charge in [-0.1, -0.05) is 12.1 Å². The molecule has 4 heteroatoms. The van der Waals surface area contributed by atoms with Crippen molar-refractivity contribution in [2.24, 2.45) is 12.1 Å². The van der Waals surface area contributed by atoms with Gasteiger partial charge in [0, 0.05) is 31.9 Å². The van der Waals surface area contributed by atoms with Crippen molar-refractivity contribution < 1.29 is 9.30 Å². The molecule has 0 atom stereocenters. The highest BCUT2D eigenvalue weighted by molar-refractivity contribution is 5.79. The van der Waals surface area contributed by atoms with Crippen LogP contribution in [0.15, 0.2) is 53.9 Å². The topological polar surface area (TPSA) is 28.7 Å². The van der Waals surface area contributed by atoms with E-state index in [1.165, 1.54) is 0 Å². The van der Waals surface area contributed by atoms with Gasteiger partial charge in [0.25, 0.3) is 0 Å². The van der Waals surface area contributed by atoms with Crippen molar-refractivity contribution in [3.05, 3.63) is 59.9 Å². The third-order valence-corrected chi connectivity index (χ3v) is 3.01. The second-order valence-electron chi connectivity index (χ2n) is 4.66. The van der Waals surface area contributed by atoms with E-state index in [1.54, 1.807) is 7.11 Å². The first kappa shape index (κ1) is 14.2. The van der Waals surface area contributed by atoms with Crippen LogP contribution >= 0.6 is 0 Å². The number of hydrogen-bond donors (Lipinski definition) is 0. The van der Waals surface area contributed by atoms with Crippen molar-refractivity contribution in [1.82, 2.24) is 0 Å². The quantitative estimate of drug-likeness (QED) is 0.473. The molecule has 0 amide bonds. The van der Waals surface area contributed by atoms with Crippen LogP contribution in [-0.2, 0) is 18.4 Å². The van der Waals surface area contributed by atoms with E-state index in [1.807, 2.05) is 78.7 Å². The van der Waals surface area contributed by atoms with Crippen molar-refractivity contribution in [3.8, 4) is 0 Å². The first-order valence-corrected chi connectivity index (χ1v) is 6.50. The lowest BCUT2D eigenvalue weighted by Gasteiger charge is -2.13. The molecule has 0 saturated heterocycles. The first-order valence-electron chi connectivity index (χ1n) is 6.50. The Bertz CT molecular complexity index is 561. The van der Waals surface area contributed by atoms with E-state index in [0.29, 0.717) is 6.61 Å². The molecule has 1 heterocycles. The zero-order chi connectivity index (χ0) is 14.4. The molecule has 1 aromatic carbocycles. The lowest BCUT2D eigenvalue weighted by Crippen LogP contribution is -2.25. The van der Waals surface area contributed by atoms with E-state index in [2.05, 4.69) is 5.10 Å². The van der Waals surface area contributed by atoms with Gasteiger partial charge in [0.2, 0.25) is 0 Å². The molecular weight excluding hydrogens is 250 g/mol. The molecule has 0 unspecified atom stereocenters. The first-order chi connectivity index (χ1) is 9.69. The molecule has 0 N–H and O–H groups in total. The number of aromatic nitrogens is 1. The van der Waals surface area contributed by atoms with Crippen LogP contribution in [0.3, 0.4) is 0 Å². The van der Waals surface area contributed by atoms with Gasteiger partial charge in [-0.25, -0.2) is 4.57 Å². The van der Waals surface area contributed by atoms with Gasteiger partial charge in [-0.3, -0.25) is 5.01 Å². The number of ether oxygens (including phenoxy) is 1. The summed E-state index contributed by atoms with van der Waals surface area (Å²) in [5.74, 6) is 0. The Kier molecular flexibility index (Phi) is 4.85. The number of pyridine rings is 1. The Morgan fingerprint density at radius 1 is 1.15 bits per heavy atom. The number of methoxy groups -OCH3 is 1. The Morgan fingerprint density at radius 3 is 2.40 bits per heavy atom. The molecule has 0 bridgehead atoms. The van der Waals surface area contributed by atoms with Crippen molar-refractivity contribution >= 4 is 11.9 Å². The van der Waals surface area contributed by atoms with Crippen molar-refractivity contribution in [2.75, 3.05) is 19.2 Å². The Hall–Kier alpha value is -2.20. The summed E-state index contributed by atoms with van der Waals surface area (Å²) in [6.07, 6.45) is 5.85. The van der Waals surface area contributed by atoms with Crippen molar-refractivity contribution in [2.45, 2.75) is 6.61 Å². The fraction of sp³-hybridized carbons (Fsp3) is 0.250. The van der Waals surface area contributed by atoms with Crippen LogP contribution in [0.4, 0.5) is 5.69 Å². The maximum atomic E-state index is 5.10. The van der Waals surface area contributed by atoms with E-state index in [4.69, 9.17) is 4.74 Å². The molecule has 0 spiro atoms. The monoisotopic (exact) mass is 270 g/mol. The molecule has 0 aliphatic heterocycles. The zero-order valence-corrected chi connectivity index (χ0v) is 12.2. The van der Waals surface area contributed by atoms with Gasteiger partial charge in [0.1, 0.15) is 7.05 Å². The van der Waals surface area contributed by atoms with Gasteiger partial charge in [-0.2, -0.15) is 5.10 Å². The van der Waals surface area contributed by atoms with Crippen LogP contribution in [0.5, 0.6) is 0 Å². The Morgan fingerprint density at radius 2 is 1.80 bits per heavy atom. The maximum Gasteiger partial charge on any atom is 0.169 e. The highest BCUT2D eigenvalue weighted by Gasteiger charge is 1.99. The van der Waals surface area contributed by atoms with E-state index < -0.39 is 0 Å². The number of hydrazone groups is 1. The average Bonchev–Trinajstić information content (AvgIpc) is 2.47. The number of hydrogen-bond acceptors (Lipinski definition) is 3. The van der Waals surface area contributed by atoms with Crippen LogP contribution in [0.2, 0.25) is 0 Å². The molecule has 0 aliphatic rings. The summed E-state index contributed by atoms with van der Waals surface area (Å²) in [6, 6.07) is 12.2. The van der Waals surface area contributed by atoms with Crippen molar-refractivity contribution in [1.29, 1.82) is 0 Å². The predicted molar refractivity (Wildman–Crippen MR) is 80.8 cm³/mol. The van der Waals surface area contributed by atoms with Crippen LogP contribution < -0.4 is 9.58 Å². The highest BCUT2D eigenvalue weighted by Crippen LogP contribution is 2.14. The number of aryl methyl sites for hydroxylation is 1. The van der Waals surface area contributed by atoms with E-state index in [0.717, 1.165) is 16.8 Å². The summed E-state index contributed by atoms with van der Waals surface area (Å²) in [5, 5.41) is 6.29. The summed E-state index contributed by atoms with van der Waals surface area (Å²) in [5.41, 5.74) is 3.28. The smallest absolute Gasteiger partial charge is 0.169 e. The fourth-order valence-corrected chi connectivity index (χ4v) is 1.79. The van der Waals surface area contributed by atoms with Crippen LogP contribution in [0.25, 0.3) is 0 Å². The zero-order valence-electron chi connectivity index (χ0n) is 12.2. The fourth-order valence-electron chi connectivity index (χ4n) is 1.79. The largest absolute Gasteiger partial charge is 0.380 e. The SMILES string of the molecule is COCc1ccc(N(C)N=Cc2cc[n+](C)cc2)cc1. The van der Waals surface area contributed by atoms with Gasteiger partial charge in [0.05, 0.1) is 18.5 Å². The molecule has 4 nitrogen and oxygen atoms in total. The van der Waals surface area contributed by atoms with Gasteiger partial charge in [-0.15, -0.1) is 0 Å². The number of benzene rings is 1. The molecule has 0 saturated carbocycles. The summed E-state index contributed by atoms with van der Waals surface area (Å²) in [6.45, 7) is 0.633. The second-order valence-corrected chi connectivity index (χ2v) is 4.66. The standard InChI is InChI=1S/C16H20N3O/c1-18-10-8-14(9-11-18)12-17-19(2)16-6-4-15(5-7-16)13-20-3/h4-12H,13H2,1-3H3/q+1. The summed E-state index contributed by atoms with van der Waals surface area (Å²) in [7, 11) is 5.63. The van der Waals surface area contributed by atoms with E-state index in [9.17, 15) is 0 Å². The minimum Gasteiger partial charge on any atom is -0.380 e. The molecule has 2 aromatic rings. The molecule has 104 valence electrons. The normalized spacial score (nSPS) is 10.9. The van der Waals surface area contributed by atoms with E-state index in [-0.39, 0.29) is 0 Å². The number of anilines is 1. The van der Waals surface area contributed by atoms with Crippen molar-refractivity contribution in [3.63, 3.8) is 0 Å². The molecule has 1 aromatic heterocycles. The predicted octanol–water partition coefficient (Wildman–Crippen LogP) is 2.13. The summed E-state index contributed by atoms with van der Waals surface area (Å²) >= 11 is 0. The lowest BCUT2D eigenvalue weighted by molar-refractivity contribution is -0.671. The summed E-state index contributed by atoms with van der Waals surface area (Å²) < 4.78 is 7.09. The number of nitrogens with zero attached hydrogens (tertiary/aromatic N) is 3. The molecule has 20 heavy (non-hydrogen) atoms. The van der Waals surface area contributed by atoms with Gasteiger partial charge in [0.15, 0.2) is 12.4 Å². The van der Waals surface area contributed by atoms with E-state index >= 15 is 0 Å². The third-order valence-electron chi connectivity index (χ3n) is 3.01. The maximum absolute atomic E-state index is 5.10. The average molecular weight is 270 g/mol. The Balaban J connectivity index is 2.03. The highest BCUT2D eigenvalue weighted by atomic mass is 16.5. The molecule has 0 fully saturated rings. The van der Waals surface area contributed by atoms with Gasteiger partial charge >= 0.3 is 0 Å². The molecule has 2 rings (SSSR count). The van der Waals surface area contributed by atoms with Gasteiger partial charge < -0.3 is 4.74 Å². The van der Waals surface area contributed by atoms with Crippen LogP contribution in [0.1, 0.15) is 11.1 Å². The third kappa shape index (κ3) is 3.90. The second kappa shape index (κ2) is 6.82. The van der Waals surface area contributed by atoms with Gasteiger partial charge in [-0.05, 0) is 17.7 Å². The number of rotatable bonds is 5. The lowest BCUT2D eigenvalue weighted by atomic mass is 10.2. The summed E-state index contributed by atoms with van der Waals surface area (Å²) in [4.78, 5) is 0. The molecule has 0 radical (unpaired) electrons. The van der Waals surface area contributed by atoms with Crippen LogP contribution in [-0.4, -0.2) is 20.4 Å². The molecular formula is C16H20N3O+. The van der Waals surface area contributed by atoms with Crippen LogP contribution in [0, 0.1) is 0 Å². The Labute approximate surface area is 119 Å².